The first kappa shape index (κ1) is 12.3. The van der Waals surface area contributed by atoms with Crippen molar-refractivity contribution < 1.29 is 19.4 Å². The van der Waals surface area contributed by atoms with Gasteiger partial charge < -0.3 is 9.84 Å². The molecule has 92 valence electrons. The molecule has 0 radical (unpaired) electrons. The molecule has 1 aromatic heterocycles. The Morgan fingerprint density at radius 1 is 1.59 bits per heavy atom. The minimum Gasteiger partial charge on any atom is -0.480 e. The minimum absolute atomic E-state index is 0.00526. The molecule has 2 heterocycles. The largest absolute Gasteiger partial charge is 0.480 e. The highest BCUT2D eigenvalue weighted by Crippen LogP contribution is 2.31. The summed E-state index contributed by atoms with van der Waals surface area (Å²) < 4.78 is 5.19. The SMILES string of the molecule is O=C(O)C1(CCc2ccsc2)COCCC1=O. The Morgan fingerprint density at radius 2 is 2.41 bits per heavy atom. The van der Waals surface area contributed by atoms with Crippen LogP contribution >= 0.6 is 11.3 Å². The summed E-state index contributed by atoms with van der Waals surface area (Å²) in [5.74, 6) is -1.26. The van der Waals surface area contributed by atoms with Gasteiger partial charge >= 0.3 is 5.97 Å². The number of carbonyl (C=O) groups is 2. The maximum absolute atomic E-state index is 11.9. The molecule has 0 spiro atoms. The predicted octanol–water partition coefficient (Wildman–Crippen LogP) is 1.74. The Bertz CT molecular complexity index is 412. The van der Waals surface area contributed by atoms with Gasteiger partial charge in [-0.05, 0) is 35.2 Å². The molecule has 17 heavy (non-hydrogen) atoms. The van der Waals surface area contributed by atoms with E-state index in [1.54, 1.807) is 11.3 Å². The van der Waals surface area contributed by atoms with Gasteiger partial charge in [0.15, 0.2) is 5.78 Å². The number of aryl methyl sites for hydroxylation is 1. The van der Waals surface area contributed by atoms with Gasteiger partial charge in [0.05, 0.1) is 13.2 Å². The lowest BCUT2D eigenvalue weighted by Crippen LogP contribution is -2.47. The molecular formula is C12H14O4S. The zero-order chi connectivity index (χ0) is 12.3. The first-order chi connectivity index (χ1) is 8.15. The van der Waals surface area contributed by atoms with Gasteiger partial charge in [0.25, 0.3) is 0 Å². The maximum Gasteiger partial charge on any atom is 0.319 e. The Hall–Kier alpha value is -1.20. The predicted molar refractivity (Wildman–Crippen MR) is 63.2 cm³/mol. The van der Waals surface area contributed by atoms with Crippen molar-refractivity contribution in [2.24, 2.45) is 5.41 Å². The van der Waals surface area contributed by atoms with E-state index < -0.39 is 11.4 Å². The van der Waals surface area contributed by atoms with Crippen molar-refractivity contribution in [3.8, 4) is 0 Å². The van der Waals surface area contributed by atoms with Crippen molar-refractivity contribution in [2.75, 3.05) is 13.2 Å². The van der Waals surface area contributed by atoms with Gasteiger partial charge in [-0.2, -0.15) is 11.3 Å². The van der Waals surface area contributed by atoms with Crippen LogP contribution in [0.25, 0.3) is 0 Å². The number of ether oxygens (including phenoxy) is 1. The van der Waals surface area contributed by atoms with Gasteiger partial charge in [-0.1, -0.05) is 0 Å². The molecule has 2 rings (SSSR count). The molecule has 0 bridgehead atoms. The zero-order valence-electron chi connectivity index (χ0n) is 9.35. The monoisotopic (exact) mass is 254 g/mol. The van der Waals surface area contributed by atoms with E-state index in [4.69, 9.17) is 4.74 Å². The lowest BCUT2D eigenvalue weighted by molar-refractivity contribution is -0.165. The van der Waals surface area contributed by atoms with Crippen LogP contribution in [0.2, 0.25) is 0 Å². The summed E-state index contributed by atoms with van der Waals surface area (Å²) in [5, 5.41) is 13.2. The Balaban J connectivity index is 2.11. The number of carboxylic acids is 1. The molecule has 1 N–H and O–H groups in total. The molecule has 1 fully saturated rings. The lowest BCUT2D eigenvalue weighted by Gasteiger charge is -2.31. The van der Waals surface area contributed by atoms with Gasteiger partial charge in [-0.25, -0.2) is 0 Å². The topological polar surface area (TPSA) is 63.6 Å². The average Bonchev–Trinajstić information content (AvgIpc) is 2.81. The van der Waals surface area contributed by atoms with Crippen molar-refractivity contribution in [1.29, 1.82) is 0 Å². The molecule has 1 atom stereocenters. The van der Waals surface area contributed by atoms with E-state index in [1.165, 1.54) is 0 Å². The zero-order valence-corrected chi connectivity index (χ0v) is 10.2. The van der Waals surface area contributed by atoms with Crippen LogP contribution in [-0.2, 0) is 20.7 Å². The van der Waals surface area contributed by atoms with Crippen LogP contribution < -0.4 is 0 Å². The molecule has 0 saturated carbocycles. The third kappa shape index (κ3) is 2.40. The van der Waals surface area contributed by atoms with Gasteiger partial charge in [0.2, 0.25) is 0 Å². The minimum atomic E-state index is -1.33. The number of Topliss-reactive ketones (excluding diaryl/α,β-unsaturated/α-hetero) is 1. The molecule has 5 heteroatoms. The number of thiophene rings is 1. The van der Waals surface area contributed by atoms with E-state index in [0.29, 0.717) is 19.4 Å². The van der Waals surface area contributed by atoms with Crippen molar-refractivity contribution >= 4 is 23.1 Å². The summed E-state index contributed by atoms with van der Waals surface area (Å²) >= 11 is 1.57. The van der Waals surface area contributed by atoms with Crippen LogP contribution in [0, 0.1) is 5.41 Å². The molecule has 1 saturated heterocycles. The number of aliphatic carboxylic acids is 1. The average molecular weight is 254 g/mol. The van der Waals surface area contributed by atoms with E-state index in [0.717, 1.165) is 5.56 Å². The van der Waals surface area contributed by atoms with Gasteiger partial charge in [0.1, 0.15) is 5.41 Å². The fourth-order valence-electron chi connectivity index (χ4n) is 2.02. The first-order valence-corrected chi connectivity index (χ1v) is 6.45. The fourth-order valence-corrected chi connectivity index (χ4v) is 2.73. The van der Waals surface area contributed by atoms with Crippen LogP contribution in [-0.4, -0.2) is 30.1 Å². The number of rotatable bonds is 4. The molecule has 1 unspecified atom stereocenters. The van der Waals surface area contributed by atoms with Crippen LogP contribution in [0.3, 0.4) is 0 Å². The highest BCUT2D eigenvalue weighted by atomic mass is 32.1. The quantitative estimate of drug-likeness (QED) is 0.831. The summed E-state index contributed by atoms with van der Waals surface area (Å²) in [6.45, 7) is 0.345. The third-order valence-corrected chi connectivity index (χ3v) is 3.92. The summed E-state index contributed by atoms with van der Waals surface area (Å²) in [7, 11) is 0. The number of hydrogen-bond donors (Lipinski definition) is 1. The van der Waals surface area contributed by atoms with Gasteiger partial charge in [0, 0.05) is 6.42 Å². The number of carbonyl (C=O) groups excluding carboxylic acids is 1. The molecule has 0 amide bonds. The smallest absolute Gasteiger partial charge is 0.319 e. The van der Waals surface area contributed by atoms with E-state index in [9.17, 15) is 14.7 Å². The van der Waals surface area contributed by atoms with Crippen LogP contribution in [0.15, 0.2) is 16.8 Å². The van der Waals surface area contributed by atoms with Crippen LogP contribution in [0.1, 0.15) is 18.4 Å². The van der Waals surface area contributed by atoms with Crippen LogP contribution in [0.4, 0.5) is 0 Å². The summed E-state index contributed by atoms with van der Waals surface area (Å²) in [6, 6.07) is 1.95. The second-order valence-electron chi connectivity index (χ2n) is 4.24. The molecule has 0 aliphatic carbocycles. The van der Waals surface area contributed by atoms with Crippen LogP contribution in [0.5, 0.6) is 0 Å². The molecule has 1 aliphatic heterocycles. The third-order valence-electron chi connectivity index (χ3n) is 3.19. The second-order valence-corrected chi connectivity index (χ2v) is 5.02. The number of carboxylic acid groups (broad SMARTS) is 1. The van der Waals surface area contributed by atoms with Crippen molar-refractivity contribution in [1.82, 2.24) is 0 Å². The van der Waals surface area contributed by atoms with E-state index in [1.807, 2.05) is 16.8 Å². The Morgan fingerprint density at radius 3 is 3.00 bits per heavy atom. The number of hydrogen-bond acceptors (Lipinski definition) is 4. The standard InChI is InChI=1S/C12H14O4S/c13-10-2-5-16-8-12(10,11(14)15)4-1-9-3-6-17-7-9/h3,6-7H,1-2,4-5,8H2,(H,14,15). The van der Waals surface area contributed by atoms with E-state index in [2.05, 4.69) is 0 Å². The lowest BCUT2D eigenvalue weighted by atomic mass is 9.77. The summed E-state index contributed by atoms with van der Waals surface area (Å²) in [4.78, 5) is 23.2. The maximum atomic E-state index is 11.9. The molecule has 1 aromatic rings. The first-order valence-electron chi connectivity index (χ1n) is 5.51. The van der Waals surface area contributed by atoms with Crippen molar-refractivity contribution in [3.63, 3.8) is 0 Å². The Labute approximate surface area is 103 Å². The highest BCUT2D eigenvalue weighted by Gasteiger charge is 2.47. The van der Waals surface area contributed by atoms with E-state index >= 15 is 0 Å². The molecular weight excluding hydrogens is 240 g/mol. The number of ketones is 1. The summed E-state index contributed by atoms with van der Waals surface area (Å²) in [5.41, 5.74) is -0.255. The van der Waals surface area contributed by atoms with Crippen molar-refractivity contribution in [2.45, 2.75) is 19.3 Å². The summed E-state index contributed by atoms with van der Waals surface area (Å²) in [6.07, 6.45) is 1.12. The normalized spacial score (nSPS) is 24.8. The fraction of sp³-hybridized carbons (Fsp3) is 0.500. The molecule has 0 aromatic carbocycles. The Kier molecular flexibility index (Phi) is 3.59. The van der Waals surface area contributed by atoms with Gasteiger partial charge in [-0.15, -0.1) is 0 Å². The molecule has 1 aliphatic rings. The van der Waals surface area contributed by atoms with Crippen molar-refractivity contribution in [3.05, 3.63) is 22.4 Å². The molecule has 4 nitrogen and oxygen atoms in total. The highest BCUT2D eigenvalue weighted by molar-refractivity contribution is 7.07. The van der Waals surface area contributed by atoms with E-state index in [-0.39, 0.29) is 18.8 Å². The van der Waals surface area contributed by atoms with Gasteiger partial charge in [-0.3, -0.25) is 9.59 Å². The second kappa shape index (κ2) is 4.98.